The molecular formula is C29H30O6. The van der Waals surface area contributed by atoms with Gasteiger partial charge in [0.15, 0.2) is 0 Å². The van der Waals surface area contributed by atoms with Crippen LogP contribution in [0.4, 0.5) is 0 Å². The Morgan fingerprint density at radius 1 is 0.743 bits per heavy atom. The molecule has 1 aliphatic carbocycles. The smallest absolute Gasteiger partial charge is 0.338 e. The number of esters is 1. The van der Waals surface area contributed by atoms with Crippen LogP contribution in [-0.2, 0) is 14.2 Å². The number of benzene rings is 3. The summed E-state index contributed by atoms with van der Waals surface area (Å²) in [7, 11) is 0. The predicted molar refractivity (Wildman–Crippen MR) is 131 cm³/mol. The minimum atomic E-state index is -0.247. The van der Waals surface area contributed by atoms with Crippen LogP contribution in [0, 0.1) is 0 Å². The molecule has 1 saturated carbocycles. The Morgan fingerprint density at radius 2 is 1.34 bits per heavy atom. The van der Waals surface area contributed by atoms with Crippen LogP contribution in [-0.4, -0.2) is 50.7 Å². The molecule has 3 aliphatic rings. The van der Waals surface area contributed by atoms with Crippen molar-refractivity contribution in [2.45, 2.75) is 49.9 Å². The molecule has 2 unspecified atom stereocenters. The fourth-order valence-corrected chi connectivity index (χ4v) is 4.72. The maximum absolute atomic E-state index is 12.8. The molecule has 2 atom stereocenters. The monoisotopic (exact) mass is 474 g/mol. The third-order valence-electron chi connectivity index (χ3n) is 7.02. The number of carbonyl (C=O) groups is 1. The summed E-state index contributed by atoms with van der Waals surface area (Å²) in [5.41, 5.74) is 1.92. The summed E-state index contributed by atoms with van der Waals surface area (Å²) in [6, 6.07) is 20.0. The second-order valence-corrected chi connectivity index (χ2v) is 9.70. The molecule has 3 aromatic rings. The van der Waals surface area contributed by atoms with Crippen molar-refractivity contribution in [2.24, 2.45) is 0 Å². The first kappa shape index (κ1) is 22.4. The first-order chi connectivity index (χ1) is 17.2. The summed E-state index contributed by atoms with van der Waals surface area (Å²) in [6.45, 7) is 2.78. The lowest BCUT2D eigenvalue weighted by atomic mass is 9.83. The van der Waals surface area contributed by atoms with Gasteiger partial charge in [-0.1, -0.05) is 24.3 Å². The van der Waals surface area contributed by atoms with Crippen LogP contribution in [0.2, 0.25) is 0 Å². The van der Waals surface area contributed by atoms with Gasteiger partial charge in [0.05, 0.1) is 18.8 Å². The molecule has 0 bridgehead atoms. The Balaban J connectivity index is 1.00. The molecule has 6 heteroatoms. The maximum atomic E-state index is 12.8. The highest BCUT2D eigenvalue weighted by atomic mass is 16.6. The maximum Gasteiger partial charge on any atom is 0.338 e. The van der Waals surface area contributed by atoms with Crippen LogP contribution in [0.25, 0.3) is 10.8 Å². The van der Waals surface area contributed by atoms with Crippen molar-refractivity contribution in [3.05, 3.63) is 71.8 Å². The summed E-state index contributed by atoms with van der Waals surface area (Å²) in [4.78, 5) is 12.8. The van der Waals surface area contributed by atoms with Gasteiger partial charge in [-0.05, 0) is 84.3 Å². The zero-order valence-electron chi connectivity index (χ0n) is 19.7. The Kier molecular flexibility index (Phi) is 6.32. The second kappa shape index (κ2) is 9.88. The van der Waals surface area contributed by atoms with E-state index >= 15 is 0 Å². The minimum absolute atomic E-state index is 0.0315. The van der Waals surface area contributed by atoms with Gasteiger partial charge in [-0.25, -0.2) is 4.79 Å². The largest absolute Gasteiger partial charge is 0.491 e. The molecule has 35 heavy (non-hydrogen) atoms. The van der Waals surface area contributed by atoms with Gasteiger partial charge in [-0.3, -0.25) is 0 Å². The first-order valence-corrected chi connectivity index (χ1v) is 12.5. The van der Waals surface area contributed by atoms with Crippen LogP contribution in [0.1, 0.15) is 47.5 Å². The van der Waals surface area contributed by atoms with Gasteiger partial charge in [-0.2, -0.15) is 0 Å². The van der Waals surface area contributed by atoms with E-state index in [0.29, 0.717) is 24.7 Å². The van der Waals surface area contributed by atoms with Crippen molar-refractivity contribution >= 4 is 16.7 Å². The van der Waals surface area contributed by atoms with Gasteiger partial charge in [0.25, 0.3) is 0 Å². The van der Waals surface area contributed by atoms with Crippen LogP contribution in [0.3, 0.4) is 0 Å². The molecular weight excluding hydrogens is 444 g/mol. The summed E-state index contributed by atoms with van der Waals surface area (Å²) >= 11 is 0. The molecule has 182 valence electrons. The SMILES string of the molecule is O=C(OC1CCC(c2ccc(OCC3CO3)cc2)CC1)c1ccc2cc(OCC3CO3)ccc2c1. The third kappa shape index (κ3) is 5.77. The zero-order chi connectivity index (χ0) is 23.6. The van der Waals surface area contributed by atoms with Crippen molar-refractivity contribution in [3.8, 4) is 11.5 Å². The van der Waals surface area contributed by atoms with Gasteiger partial charge in [0.2, 0.25) is 0 Å². The summed E-state index contributed by atoms with van der Waals surface area (Å²) in [5.74, 6) is 1.95. The Labute approximate surface area is 205 Å². The van der Waals surface area contributed by atoms with E-state index in [1.165, 1.54) is 5.56 Å². The van der Waals surface area contributed by atoms with Crippen LogP contribution in [0.5, 0.6) is 11.5 Å². The predicted octanol–water partition coefficient (Wildman–Crippen LogP) is 5.28. The summed E-state index contributed by atoms with van der Waals surface area (Å²) < 4.78 is 27.7. The summed E-state index contributed by atoms with van der Waals surface area (Å²) in [5, 5.41) is 2.03. The highest BCUT2D eigenvalue weighted by Crippen LogP contribution is 2.35. The van der Waals surface area contributed by atoms with Gasteiger partial charge >= 0.3 is 5.97 Å². The molecule has 2 heterocycles. The zero-order valence-corrected chi connectivity index (χ0v) is 19.7. The number of carbonyl (C=O) groups excluding carboxylic acids is 1. The van der Waals surface area contributed by atoms with Crippen LogP contribution < -0.4 is 9.47 Å². The molecule has 0 N–H and O–H groups in total. The number of fused-ring (bicyclic) bond motifs is 1. The summed E-state index contributed by atoms with van der Waals surface area (Å²) in [6.07, 6.45) is 4.25. The van der Waals surface area contributed by atoms with Crippen molar-refractivity contribution in [1.82, 2.24) is 0 Å². The molecule has 2 saturated heterocycles. The minimum Gasteiger partial charge on any atom is -0.491 e. The average molecular weight is 475 g/mol. The quantitative estimate of drug-likeness (QED) is 0.311. The lowest BCUT2D eigenvalue weighted by Crippen LogP contribution is -2.24. The molecule has 0 amide bonds. The molecule has 0 aromatic heterocycles. The van der Waals surface area contributed by atoms with Gasteiger partial charge in [0, 0.05) is 0 Å². The number of epoxide rings is 2. The molecule has 6 rings (SSSR count). The van der Waals surface area contributed by atoms with E-state index < -0.39 is 0 Å². The van der Waals surface area contributed by atoms with E-state index in [1.807, 2.05) is 48.5 Å². The number of rotatable bonds is 9. The normalized spacial score (nSPS) is 25.1. The lowest BCUT2D eigenvalue weighted by Gasteiger charge is -2.28. The Morgan fingerprint density at radius 3 is 2.03 bits per heavy atom. The van der Waals surface area contributed by atoms with E-state index in [0.717, 1.165) is 61.2 Å². The topological polar surface area (TPSA) is 69.8 Å². The van der Waals surface area contributed by atoms with Gasteiger partial charge < -0.3 is 23.7 Å². The van der Waals surface area contributed by atoms with Crippen molar-refractivity contribution in [2.75, 3.05) is 26.4 Å². The molecule has 0 radical (unpaired) electrons. The van der Waals surface area contributed by atoms with Crippen LogP contribution >= 0.6 is 0 Å². The van der Waals surface area contributed by atoms with E-state index in [1.54, 1.807) is 0 Å². The first-order valence-electron chi connectivity index (χ1n) is 12.5. The van der Waals surface area contributed by atoms with Gasteiger partial charge in [0.1, 0.15) is 43.0 Å². The fraction of sp³-hybridized carbons (Fsp3) is 0.414. The Bertz CT molecular complexity index is 1170. The van der Waals surface area contributed by atoms with Crippen molar-refractivity contribution in [1.29, 1.82) is 0 Å². The fourth-order valence-electron chi connectivity index (χ4n) is 4.72. The van der Waals surface area contributed by atoms with E-state index in [-0.39, 0.29) is 24.3 Å². The highest BCUT2D eigenvalue weighted by molar-refractivity contribution is 5.95. The van der Waals surface area contributed by atoms with E-state index in [2.05, 4.69) is 12.1 Å². The van der Waals surface area contributed by atoms with E-state index in [4.69, 9.17) is 23.7 Å². The van der Waals surface area contributed by atoms with Crippen molar-refractivity contribution in [3.63, 3.8) is 0 Å². The second-order valence-electron chi connectivity index (χ2n) is 9.70. The molecule has 2 aliphatic heterocycles. The average Bonchev–Trinajstić information content (AvgIpc) is 3.82. The van der Waals surface area contributed by atoms with Gasteiger partial charge in [-0.15, -0.1) is 0 Å². The number of hydrogen-bond acceptors (Lipinski definition) is 6. The van der Waals surface area contributed by atoms with Crippen LogP contribution in [0.15, 0.2) is 60.7 Å². The highest BCUT2D eigenvalue weighted by Gasteiger charge is 2.26. The van der Waals surface area contributed by atoms with Crippen molar-refractivity contribution < 1.29 is 28.5 Å². The molecule has 0 spiro atoms. The standard InChI is InChI=1S/C29H30O6/c30-29(23-2-1-22-14-26(12-7-21(22)13-23)32-16-28-18-34-28)35-25-10-5-20(6-11-25)19-3-8-24(9-4-19)31-15-27-17-33-27/h1-4,7-9,12-14,20,25,27-28H,5-6,10-11,15-18H2. The third-order valence-corrected chi connectivity index (χ3v) is 7.02. The Hall–Kier alpha value is -3.09. The molecule has 3 aromatic carbocycles. The van der Waals surface area contributed by atoms with E-state index in [9.17, 15) is 4.79 Å². The lowest BCUT2D eigenvalue weighted by molar-refractivity contribution is 0.0195. The molecule has 3 fully saturated rings. The molecule has 6 nitrogen and oxygen atoms in total. The number of hydrogen-bond donors (Lipinski definition) is 0. The number of ether oxygens (including phenoxy) is 5.